The molecule has 0 saturated carbocycles. The first-order valence-corrected chi connectivity index (χ1v) is 5.10. The minimum Gasteiger partial charge on any atom is -0.495 e. The Bertz CT molecular complexity index is 415. The van der Waals surface area contributed by atoms with Gasteiger partial charge in [-0.2, -0.15) is 5.26 Å². The molecule has 0 spiro atoms. The Balaban J connectivity index is 2.76. The smallest absolute Gasteiger partial charge is 0.251 e. The Hall–Kier alpha value is -1.67. The molecule has 0 aliphatic carbocycles. The summed E-state index contributed by atoms with van der Waals surface area (Å²) in [6, 6.07) is 7.10. The van der Waals surface area contributed by atoms with Crippen LogP contribution in [0.4, 0.5) is 8.78 Å². The maximum absolute atomic E-state index is 12.1. The van der Waals surface area contributed by atoms with Gasteiger partial charge in [0.2, 0.25) is 0 Å². The molecule has 0 aromatic heterocycles. The van der Waals surface area contributed by atoms with Crippen molar-refractivity contribution in [1.29, 1.82) is 5.26 Å². The topological polar surface area (TPSA) is 36.3 Å². The van der Waals surface area contributed by atoms with Crippen molar-refractivity contribution in [3.05, 3.63) is 29.3 Å². The average molecular weight is 240 g/mol. The van der Waals surface area contributed by atoms with Crippen molar-refractivity contribution in [3.63, 3.8) is 0 Å². The normalized spacial score (nSPS) is 10.6. The molecule has 0 atom stereocenters. The van der Waals surface area contributed by atoms with Gasteiger partial charge in [0.15, 0.2) is 0 Å². The van der Waals surface area contributed by atoms with Gasteiger partial charge in [-0.25, -0.2) is 8.78 Å². The third-order valence-electron chi connectivity index (χ3n) is 2.29. The van der Waals surface area contributed by atoms with Crippen LogP contribution in [0.5, 0.6) is 5.75 Å². The van der Waals surface area contributed by atoms with Crippen LogP contribution in [-0.4, -0.2) is 32.0 Å². The summed E-state index contributed by atoms with van der Waals surface area (Å²) in [6.07, 6.45) is -2.35. The van der Waals surface area contributed by atoms with Gasteiger partial charge in [0, 0.05) is 6.54 Å². The fraction of sp³-hybridized carbons (Fsp3) is 0.417. The van der Waals surface area contributed by atoms with Crippen LogP contribution >= 0.6 is 0 Å². The van der Waals surface area contributed by atoms with Crippen molar-refractivity contribution in [2.45, 2.75) is 13.0 Å². The molecule has 0 unspecified atom stereocenters. The molecule has 1 aromatic rings. The van der Waals surface area contributed by atoms with Crippen molar-refractivity contribution in [3.8, 4) is 11.8 Å². The second kappa shape index (κ2) is 6.16. The zero-order chi connectivity index (χ0) is 12.8. The van der Waals surface area contributed by atoms with Gasteiger partial charge in [-0.15, -0.1) is 0 Å². The highest BCUT2D eigenvalue weighted by Crippen LogP contribution is 2.19. The minimum atomic E-state index is -2.35. The molecule has 3 nitrogen and oxygen atoms in total. The molecule has 0 amide bonds. The van der Waals surface area contributed by atoms with Crippen LogP contribution in [0.2, 0.25) is 0 Å². The van der Waals surface area contributed by atoms with E-state index in [2.05, 4.69) is 0 Å². The number of halogens is 2. The number of rotatable bonds is 5. The molecule has 0 bridgehead atoms. The van der Waals surface area contributed by atoms with Crippen LogP contribution in [-0.2, 0) is 6.54 Å². The lowest BCUT2D eigenvalue weighted by atomic mass is 10.1. The van der Waals surface area contributed by atoms with Crippen LogP contribution in [0.3, 0.4) is 0 Å². The molecule has 92 valence electrons. The summed E-state index contributed by atoms with van der Waals surface area (Å²) >= 11 is 0. The van der Waals surface area contributed by atoms with Crippen LogP contribution < -0.4 is 4.74 Å². The lowest BCUT2D eigenvalue weighted by Crippen LogP contribution is -2.24. The van der Waals surface area contributed by atoms with E-state index in [4.69, 9.17) is 10.00 Å². The average Bonchev–Trinajstić information content (AvgIpc) is 2.27. The largest absolute Gasteiger partial charge is 0.495 e. The molecule has 0 heterocycles. The van der Waals surface area contributed by atoms with Crippen LogP contribution in [0.15, 0.2) is 18.2 Å². The van der Waals surface area contributed by atoms with Gasteiger partial charge in [-0.1, -0.05) is 6.07 Å². The Morgan fingerprint density at radius 3 is 2.71 bits per heavy atom. The second-order valence-electron chi connectivity index (χ2n) is 3.73. The number of methoxy groups -OCH3 is 1. The molecule has 0 radical (unpaired) electrons. The standard InChI is InChI=1S/C12H14F2N2O/c1-16(8-12(13)14)7-9-3-4-11(17-2)10(5-9)6-15/h3-5,12H,7-8H2,1-2H3. The quantitative estimate of drug-likeness (QED) is 0.792. The third-order valence-corrected chi connectivity index (χ3v) is 2.29. The Kier molecular flexibility index (Phi) is 4.85. The summed E-state index contributed by atoms with van der Waals surface area (Å²) in [6.45, 7) is 0.0942. The lowest BCUT2D eigenvalue weighted by Gasteiger charge is -2.16. The number of nitriles is 1. The van der Waals surface area contributed by atoms with E-state index < -0.39 is 6.43 Å². The van der Waals surface area contributed by atoms with Gasteiger partial charge < -0.3 is 4.74 Å². The van der Waals surface area contributed by atoms with Crippen molar-refractivity contribution < 1.29 is 13.5 Å². The van der Waals surface area contributed by atoms with Gasteiger partial charge in [0.1, 0.15) is 11.8 Å². The summed E-state index contributed by atoms with van der Waals surface area (Å²) in [5.41, 5.74) is 1.22. The fourth-order valence-electron chi connectivity index (χ4n) is 1.55. The number of alkyl halides is 2. The van der Waals surface area contributed by atoms with E-state index >= 15 is 0 Å². The molecule has 0 saturated heterocycles. The molecule has 1 aromatic carbocycles. The Morgan fingerprint density at radius 2 is 2.18 bits per heavy atom. The van der Waals surface area contributed by atoms with Crippen molar-refractivity contribution in [2.75, 3.05) is 20.7 Å². The van der Waals surface area contributed by atoms with E-state index in [9.17, 15) is 8.78 Å². The highest BCUT2D eigenvalue weighted by atomic mass is 19.3. The van der Waals surface area contributed by atoms with Crippen molar-refractivity contribution >= 4 is 0 Å². The molecular weight excluding hydrogens is 226 g/mol. The molecule has 0 aliphatic heterocycles. The molecule has 0 aliphatic rings. The minimum absolute atomic E-state index is 0.284. The van der Waals surface area contributed by atoms with Gasteiger partial charge in [-0.3, -0.25) is 4.90 Å². The summed E-state index contributed by atoms with van der Waals surface area (Å²) in [4.78, 5) is 1.51. The van der Waals surface area contributed by atoms with Gasteiger partial charge in [-0.05, 0) is 24.7 Å². The maximum atomic E-state index is 12.1. The predicted octanol–water partition coefficient (Wildman–Crippen LogP) is 2.26. The SMILES string of the molecule is COc1ccc(CN(C)CC(F)F)cc1C#N. The van der Waals surface area contributed by atoms with E-state index in [1.807, 2.05) is 6.07 Å². The van der Waals surface area contributed by atoms with Crippen LogP contribution in [0.1, 0.15) is 11.1 Å². The van der Waals surface area contributed by atoms with Crippen LogP contribution in [0.25, 0.3) is 0 Å². The van der Waals surface area contributed by atoms with Gasteiger partial charge in [0.05, 0.1) is 19.2 Å². The molecule has 17 heavy (non-hydrogen) atoms. The van der Waals surface area contributed by atoms with Crippen molar-refractivity contribution in [1.82, 2.24) is 4.90 Å². The number of hydrogen-bond donors (Lipinski definition) is 0. The molecular formula is C12H14F2N2O. The molecule has 5 heteroatoms. The monoisotopic (exact) mass is 240 g/mol. The first-order chi connectivity index (χ1) is 8.06. The Morgan fingerprint density at radius 1 is 1.47 bits per heavy atom. The highest BCUT2D eigenvalue weighted by Gasteiger charge is 2.09. The molecule has 0 N–H and O–H groups in total. The van der Waals surface area contributed by atoms with E-state index in [0.717, 1.165) is 5.56 Å². The Labute approximate surface area is 99.2 Å². The van der Waals surface area contributed by atoms with Crippen molar-refractivity contribution in [2.24, 2.45) is 0 Å². The number of benzene rings is 1. The third kappa shape index (κ3) is 4.00. The predicted molar refractivity (Wildman–Crippen MR) is 60.0 cm³/mol. The summed E-state index contributed by atoms with van der Waals surface area (Å²) in [7, 11) is 3.10. The number of nitrogens with zero attached hydrogens (tertiary/aromatic N) is 2. The van der Waals surface area contributed by atoms with Gasteiger partial charge >= 0.3 is 0 Å². The number of ether oxygens (including phenoxy) is 1. The van der Waals surface area contributed by atoms with E-state index in [-0.39, 0.29) is 6.54 Å². The van der Waals surface area contributed by atoms with Crippen LogP contribution in [0, 0.1) is 11.3 Å². The van der Waals surface area contributed by atoms with E-state index in [0.29, 0.717) is 17.9 Å². The fourth-order valence-corrected chi connectivity index (χ4v) is 1.55. The molecule has 0 fully saturated rings. The lowest BCUT2D eigenvalue weighted by molar-refractivity contribution is 0.0975. The van der Waals surface area contributed by atoms with Gasteiger partial charge in [0.25, 0.3) is 6.43 Å². The summed E-state index contributed by atoms with van der Waals surface area (Å²) in [5, 5.41) is 8.89. The number of hydrogen-bond acceptors (Lipinski definition) is 3. The first kappa shape index (κ1) is 13.4. The zero-order valence-corrected chi connectivity index (χ0v) is 9.78. The summed E-state index contributed by atoms with van der Waals surface area (Å²) in [5.74, 6) is 0.493. The highest BCUT2D eigenvalue weighted by molar-refractivity contribution is 5.45. The second-order valence-corrected chi connectivity index (χ2v) is 3.73. The molecule has 1 rings (SSSR count). The van der Waals surface area contributed by atoms with E-state index in [1.54, 1.807) is 25.2 Å². The zero-order valence-electron chi connectivity index (χ0n) is 9.78. The summed E-state index contributed by atoms with van der Waals surface area (Å²) < 4.78 is 29.3. The first-order valence-electron chi connectivity index (χ1n) is 5.10. The van der Waals surface area contributed by atoms with E-state index in [1.165, 1.54) is 12.0 Å². The maximum Gasteiger partial charge on any atom is 0.251 e.